The van der Waals surface area contributed by atoms with Crippen molar-refractivity contribution in [1.29, 1.82) is 0 Å². The number of quaternary nitrogens is 1. The van der Waals surface area contributed by atoms with Gasteiger partial charge >= 0.3 is 0 Å². The zero-order valence-electron chi connectivity index (χ0n) is 43.5. The molecule has 0 saturated heterocycles. The fourth-order valence-electron chi connectivity index (χ4n) is 14.7. The summed E-state index contributed by atoms with van der Waals surface area (Å²) < 4.78 is 3.00. The second kappa shape index (κ2) is 16.9. The molecule has 3 heterocycles. The molecule has 1 spiro atoms. The van der Waals surface area contributed by atoms with E-state index in [1.54, 1.807) is 0 Å². The Bertz CT molecular complexity index is 4150. The van der Waals surface area contributed by atoms with Gasteiger partial charge in [-0.2, -0.15) is 0 Å². The van der Waals surface area contributed by atoms with E-state index in [2.05, 4.69) is 269 Å². The van der Waals surface area contributed by atoms with E-state index in [-0.39, 0.29) is 17.9 Å². The quantitative estimate of drug-likeness (QED) is 0.148. The van der Waals surface area contributed by atoms with Crippen molar-refractivity contribution in [2.24, 2.45) is 16.8 Å². The molecule has 2 aliphatic carbocycles. The number of hydrogen-bond donors (Lipinski definition) is 0. The van der Waals surface area contributed by atoms with Crippen molar-refractivity contribution in [2.45, 2.75) is 45.1 Å². The molecule has 10 aromatic carbocycles. The lowest BCUT2D eigenvalue weighted by Crippen LogP contribution is -2.32. The van der Waals surface area contributed by atoms with Crippen molar-refractivity contribution in [3.63, 3.8) is 0 Å². The average Bonchev–Trinajstić information content (AvgIpc) is 4.21. The maximum atomic E-state index is 6.07. The van der Waals surface area contributed by atoms with E-state index in [1.807, 2.05) is 0 Å². The molecular formula is C73H58N3+. The second-order valence-electron chi connectivity index (χ2n) is 21.9. The lowest BCUT2D eigenvalue weighted by atomic mass is 9.70. The third-order valence-corrected chi connectivity index (χ3v) is 18.4. The smallest absolute Gasteiger partial charge is 0.159 e. The second-order valence-corrected chi connectivity index (χ2v) is 21.9. The fraction of sp³-hybridized carbons (Fsp3) is 0.137. The number of aliphatic imine (C=N–C) groups is 1. The number of para-hydroxylation sites is 3. The minimum absolute atomic E-state index is 0.0651. The first-order valence-electron chi connectivity index (χ1n) is 27.4. The van der Waals surface area contributed by atoms with Crippen LogP contribution in [0.3, 0.4) is 0 Å². The molecule has 3 unspecified atom stereocenters. The monoisotopic (exact) mass is 976 g/mol. The van der Waals surface area contributed by atoms with Crippen LogP contribution in [0, 0.1) is 11.8 Å². The van der Waals surface area contributed by atoms with E-state index < -0.39 is 5.41 Å². The molecule has 1 aromatic heterocycles. The number of hydrogen-bond acceptors (Lipinski definition) is 1. The summed E-state index contributed by atoms with van der Waals surface area (Å²) in [5.74, 6) is 0.350. The Morgan fingerprint density at radius 2 is 1.11 bits per heavy atom. The van der Waals surface area contributed by atoms with Crippen LogP contribution in [-0.4, -0.2) is 17.3 Å². The molecule has 15 rings (SSSR count). The number of nitrogens with zero attached hydrogens (tertiary/aromatic N) is 3. The van der Waals surface area contributed by atoms with E-state index in [9.17, 15) is 0 Å². The van der Waals surface area contributed by atoms with E-state index in [1.165, 1.54) is 128 Å². The maximum Gasteiger partial charge on any atom is 0.159 e. The van der Waals surface area contributed by atoms with Gasteiger partial charge in [-0.25, -0.2) is 4.48 Å². The topological polar surface area (TPSA) is 17.3 Å². The van der Waals surface area contributed by atoms with Crippen LogP contribution in [0.4, 0.5) is 17.1 Å². The number of fused-ring (bicyclic) bond motifs is 17. The normalized spacial score (nSPS) is 20.6. The Morgan fingerprint density at radius 1 is 0.526 bits per heavy atom. The molecule has 0 bridgehead atoms. The SMILES string of the molecule is CC[C@H]1C/C(c2ccccc2)=C(/C)C(C)C(c2ccc([N+]3(C)c4ccccc4-c4ccc5c(c43)-c3ccccc3C53c4ccccc4-c4ccccc43)cc2)=NC1c1cccc(-n2c3ccccc3c3ccccc32)c1. The largest absolute Gasteiger partial charge is 0.309 e. The zero-order valence-corrected chi connectivity index (χ0v) is 43.5. The Morgan fingerprint density at radius 3 is 1.78 bits per heavy atom. The van der Waals surface area contributed by atoms with Gasteiger partial charge in [-0.15, -0.1) is 0 Å². The Kier molecular flexibility index (Phi) is 9.99. The zero-order chi connectivity index (χ0) is 50.9. The Balaban J connectivity index is 0.908. The summed E-state index contributed by atoms with van der Waals surface area (Å²) in [5.41, 5.74) is 28.1. The molecule has 364 valence electrons. The van der Waals surface area contributed by atoms with Crippen LogP contribution >= 0.6 is 0 Å². The Hall–Kier alpha value is -8.63. The van der Waals surface area contributed by atoms with Gasteiger partial charge in [-0.1, -0.05) is 196 Å². The van der Waals surface area contributed by atoms with Crippen LogP contribution in [-0.2, 0) is 5.41 Å². The molecular weight excluding hydrogens is 919 g/mol. The van der Waals surface area contributed by atoms with Crippen molar-refractivity contribution in [1.82, 2.24) is 9.05 Å². The van der Waals surface area contributed by atoms with Crippen molar-refractivity contribution < 1.29 is 0 Å². The van der Waals surface area contributed by atoms with Crippen LogP contribution in [0.2, 0.25) is 0 Å². The average molecular weight is 977 g/mol. The number of benzene rings is 10. The molecule has 0 N–H and O–H groups in total. The first-order valence-corrected chi connectivity index (χ1v) is 27.4. The van der Waals surface area contributed by atoms with Crippen LogP contribution in [0.25, 0.3) is 66.4 Å². The predicted octanol–water partition coefficient (Wildman–Crippen LogP) is 18.8. The first-order chi connectivity index (χ1) is 37.4. The van der Waals surface area contributed by atoms with E-state index >= 15 is 0 Å². The van der Waals surface area contributed by atoms with Crippen molar-refractivity contribution in [3.05, 3.63) is 281 Å². The fourth-order valence-corrected chi connectivity index (χ4v) is 14.7. The molecule has 4 atom stereocenters. The molecule has 3 nitrogen and oxygen atoms in total. The van der Waals surface area contributed by atoms with Gasteiger partial charge in [0.05, 0.1) is 35.1 Å². The van der Waals surface area contributed by atoms with Crippen molar-refractivity contribution >= 4 is 50.2 Å². The summed E-state index contributed by atoms with van der Waals surface area (Å²) in [6.07, 6.45) is 1.95. The molecule has 76 heavy (non-hydrogen) atoms. The van der Waals surface area contributed by atoms with Gasteiger partial charge in [-0.3, -0.25) is 4.99 Å². The minimum Gasteiger partial charge on any atom is -0.309 e. The lowest BCUT2D eigenvalue weighted by Gasteiger charge is -2.34. The molecule has 0 saturated carbocycles. The van der Waals surface area contributed by atoms with Gasteiger partial charge in [0.15, 0.2) is 11.4 Å². The van der Waals surface area contributed by atoms with E-state index in [4.69, 9.17) is 4.99 Å². The van der Waals surface area contributed by atoms with E-state index in [0.717, 1.165) is 18.6 Å². The number of rotatable bonds is 6. The van der Waals surface area contributed by atoms with Gasteiger partial charge < -0.3 is 4.57 Å². The highest BCUT2D eigenvalue weighted by Crippen LogP contribution is 2.69. The summed E-state index contributed by atoms with van der Waals surface area (Å²) >= 11 is 0. The highest BCUT2D eigenvalue weighted by molar-refractivity contribution is 6.11. The van der Waals surface area contributed by atoms with Gasteiger partial charge in [0.2, 0.25) is 0 Å². The Labute approximate surface area is 446 Å². The van der Waals surface area contributed by atoms with Crippen molar-refractivity contribution in [3.8, 4) is 39.1 Å². The van der Waals surface area contributed by atoms with Gasteiger partial charge in [0.1, 0.15) is 5.69 Å². The van der Waals surface area contributed by atoms with Crippen LogP contribution in [0.15, 0.2) is 247 Å². The summed E-state index contributed by atoms with van der Waals surface area (Å²) in [6.45, 7) is 7.11. The highest BCUT2D eigenvalue weighted by Gasteiger charge is 2.56. The standard InChI is InChI=1S/C73H58N3/c1-5-48-45-61(49-22-7-6-8-23-49)46(2)47(3)70(74-71(48)51-24-21-25-52(44-51)75-66-35-18-12-28-56(66)57-29-13-19-36-67(57)75)50-38-40-53(41-39-50)76(4)68-37-20-14-30-58(68)59-42-43-65-69(72(59)76)60-31-11-17-34-64(60)73(65)62-32-15-9-26-54(62)55-27-10-16-33-63(55)73/h6-44,47-48,71H,5,45H2,1-4H3/q+1/b61-46+,74-70?/t47?,48-,71?,76?/m0/s1. The van der Waals surface area contributed by atoms with Crippen molar-refractivity contribution in [2.75, 3.05) is 7.05 Å². The summed E-state index contributed by atoms with van der Waals surface area (Å²) in [7, 11) is 2.44. The maximum absolute atomic E-state index is 6.07. The number of allylic oxidation sites excluding steroid dienone is 2. The predicted molar refractivity (Wildman–Crippen MR) is 318 cm³/mol. The molecule has 3 heteroatoms. The van der Waals surface area contributed by atoms with Gasteiger partial charge in [0, 0.05) is 57.4 Å². The van der Waals surface area contributed by atoms with E-state index in [0.29, 0.717) is 4.48 Å². The summed E-state index contributed by atoms with van der Waals surface area (Å²) in [6, 6.07) is 89.1. The summed E-state index contributed by atoms with van der Waals surface area (Å²) in [4.78, 5) is 6.07. The molecule has 4 aliphatic rings. The molecule has 2 aliphatic heterocycles. The summed E-state index contributed by atoms with van der Waals surface area (Å²) in [5, 5.41) is 2.54. The molecule has 0 fully saturated rings. The minimum atomic E-state index is -0.427. The lowest BCUT2D eigenvalue weighted by molar-refractivity contribution is 0.424. The van der Waals surface area contributed by atoms with Gasteiger partial charge in [-0.05, 0) is 129 Å². The van der Waals surface area contributed by atoms with Crippen LogP contribution < -0.4 is 4.48 Å². The number of aromatic nitrogens is 1. The first kappa shape index (κ1) is 44.8. The van der Waals surface area contributed by atoms with Crippen LogP contribution in [0.5, 0.6) is 0 Å². The van der Waals surface area contributed by atoms with Gasteiger partial charge in [0.25, 0.3) is 0 Å². The molecule has 0 amide bonds. The third-order valence-electron chi connectivity index (χ3n) is 18.4. The third kappa shape index (κ3) is 6.12. The van der Waals surface area contributed by atoms with Crippen LogP contribution in [0.1, 0.15) is 78.6 Å². The molecule has 0 radical (unpaired) electrons. The highest BCUT2D eigenvalue weighted by atomic mass is 15.4. The molecule has 11 aromatic rings.